The molecule has 184 valence electrons. The van der Waals surface area contributed by atoms with Crippen molar-refractivity contribution in [3.63, 3.8) is 0 Å². The van der Waals surface area contributed by atoms with E-state index in [4.69, 9.17) is 10.00 Å². The zero-order valence-corrected chi connectivity index (χ0v) is 19.6. The normalized spacial score (nSPS) is 11.9. The van der Waals surface area contributed by atoms with Gasteiger partial charge in [-0.1, -0.05) is 18.2 Å². The first-order valence-electron chi connectivity index (χ1n) is 11.1. The highest BCUT2D eigenvalue weighted by Gasteiger charge is 2.37. The zero-order valence-electron chi connectivity index (χ0n) is 19.6. The van der Waals surface area contributed by atoms with E-state index in [0.717, 1.165) is 4.90 Å². The van der Waals surface area contributed by atoms with Crippen molar-refractivity contribution in [1.29, 1.82) is 5.26 Å². The molecule has 3 aromatic rings. The molecule has 0 bridgehead atoms. The van der Waals surface area contributed by atoms with Crippen molar-refractivity contribution in [2.75, 3.05) is 28.3 Å². The van der Waals surface area contributed by atoms with Crippen LogP contribution in [0.15, 0.2) is 72.8 Å². The second kappa shape index (κ2) is 10.5. The summed E-state index contributed by atoms with van der Waals surface area (Å²) in [5, 5.41) is 11.7. The number of amides is 4. The Morgan fingerprint density at radius 3 is 2.27 bits per heavy atom. The van der Waals surface area contributed by atoms with Crippen LogP contribution in [0.3, 0.4) is 0 Å². The monoisotopic (exact) mass is 496 g/mol. The number of nitrogens with zero attached hydrogens (tertiary/aromatic N) is 3. The third-order valence-electron chi connectivity index (χ3n) is 5.49. The second-order valence-electron chi connectivity index (χ2n) is 7.98. The molecule has 0 unspecified atom stereocenters. The summed E-state index contributed by atoms with van der Waals surface area (Å²) in [5.74, 6) is -2.89. The molecular weight excluding hydrogens is 476 g/mol. The van der Waals surface area contributed by atoms with Crippen LogP contribution in [0.25, 0.3) is 0 Å². The minimum atomic E-state index is -0.862. The summed E-state index contributed by atoms with van der Waals surface area (Å²) in [6, 6.07) is 20.5. The average molecular weight is 496 g/mol. The van der Waals surface area contributed by atoms with E-state index in [-0.39, 0.29) is 29.1 Å². The number of esters is 1. The van der Waals surface area contributed by atoms with Crippen molar-refractivity contribution in [3.05, 3.63) is 89.5 Å². The number of fused-ring (bicyclic) bond motifs is 1. The third-order valence-corrected chi connectivity index (χ3v) is 5.49. The first-order chi connectivity index (χ1) is 17.8. The number of carbonyl (C=O) groups is 5. The van der Waals surface area contributed by atoms with Crippen molar-refractivity contribution in [2.45, 2.75) is 6.92 Å². The molecule has 4 amide bonds. The Balaban J connectivity index is 1.47. The number of rotatable bonds is 7. The van der Waals surface area contributed by atoms with E-state index in [2.05, 4.69) is 5.32 Å². The second-order valence-corrected chi connectivity index (χ2v) is 7.98. The molecule has 0 fully saturated rings. The van der Waals surface area contributed by atoms with Gasteiger partial charge in [0.25, 0.3) is 17.7 Å². The van der Waals surface area contributed by atoms with Crippen LogP contribution < -0.4 is 15.1 Å². The molecular formula is C27H20N4O6. The fourth-order valence-electron chi connectivity index (χ4n) is 3.79. The van der Waals surface area contributed by atoms with Crippen LogP contribution in [-0.4, -0.2) is 42.7 Å². The minimum absolute atomic E-state index is 0.0119. The van der Waals surface area contributed by atoms with Gasteiger partial charge < -0.3 is 10.1 Å². The van der Waals surface area contributed by atoms with E-state index in [1.165, 1.54) is 42.2 Å². The number of imide groups is 1. The lowest BCUT2D eigenvalue weighted by Gasteiger charge is -2.19. The van der Waals surface area contributed by atoms with Crippen molar-refractivity contribution >= 4 is 46.7 Å². The average Bonchev–Trinajstić information content (AvgIpc) is 3.15. The predicted molar refractivity (Wildman–Crippen MR) is 133 cm³/mol. The maximum absolute atomic E-state index is 13.0. The van der Waals surface area contributed by atoms with Crippen LogP contribution in [0.2, 0.25) is 0 Å². The number of para-hydroxylation sites is 1. The summed E-state index contributed by atoms with van der Waals surface area (Å²) in [6.07, 6.45) is 0. The molecule has 0 aliphatic carbocycles. The third kappa shape index (κ3) is 5.21. The minimum Gasteiger partial charge on any atom is -0.452 e. The molecule has 4 rings (SSSR count). The Bertz CT molecular complexity index is 1440. The van der Waals surface area contributed by atoms with E-state index in [9.17, 15) is 24.0 Å². The molecule has 10 heteroatoms. The Morgan fingerprint density at radius 2 is 1.62 bits per heavy atom. The van der Waals surface area contributed by atoms with E-state index >= 15 is 0 Å². The molecule has 10 nitrogen and oxygen atoms in total. The number of nitrogens with one attached hydrogen (secondary N) is 1. The SMILES string of the molecule is CC(=O)Nc1ccc(N2C(=O)c3ccc(C(=O)OCC(=O)N(CC#N)c4ccccc4)cc3C2=O)cc1. The van der Waals surface area contributed by atoms with Gasteiger partial charge in [0.1, 0.15) is 6.54 Å². The highest BCUT2D eigenvalue weighted by atomic mass is 16.5. The first-order valence-corrected chi connectivity index (χ1v) is 11.1. The smallest absolute Gasteiger partial charge is 0.338 e. The standard InChI is InChI=1S/C27H20N4O6/c1-17(32)29-19-8-10-21(11-9-19)31-25(34)22-12-7-18(15-23(22)26(31)35)27(36)37-16-24(33)30(14-13-28)20-5-3-2-4-6-20/h2-12,15H,14,16H2,1H3,(H,29,32). The number of hydrogen-bond acceptors (Lipinski definition) is 7. The summed E-state index contributed by atoms with van der Waals surface area (Å²) in [7, 11) is 0. The van der Waals surface area contributed by atoms with Gasteiger partial charge in [0, 0.05) is 18.3 Å². The lowest BCUT2D eigenvalue weighted by molar-refractivity contribution is -0.121. The van der Waals surface area contributed by atoms with E-state index < -0.39 is 30.3 Å². The molecule has 1 aliphatic heterocycles. The number of carbonyl (C=O) groups excluding carboxylic acids is 5. The highest BCUT2D eigenvalue weighted by molar-refractivity contribution is 6.34. The molecule has 1 heterocycles. The van der Waals surface area contributed by atoms with Gasteiger partial charge in [-0.25, -0.2) is 9.69 Å². The van der Waals surface area contributed by atoms with Gasteiger partial charge in [0.05, 0.1) is 28.4 Å². The quantitative estimate of drug-likeness (QED) is 0.301. The number of benzene rings is 3. The lowest BCUT2D eigenvalue weighted by Crippen LogP contribution is -2.35. The summed E-state index contributed by atoms with van der Waals surface area (Å²) >= 11 is 0. The molecule has 0 saturated carbocycles. The Hall–Kier alpha value is -5.30. The van der Waals surface area contributed by atoms with Crippen molar-refractivity contribution in [2.24, 2.45) is 0 Å². The maximum Gasteiger partial charge on any atom is 0.338 e. The maximum atomic E-state index is 13.0. The van der Waals surface area contributed by atoms with Crippen LogP contribution >= 0.6 is 0 Å². The van der Waals surface area contributed by atoms with E-state index in [1.54, 1.807) is 42.5 Å². The number of ether oxygens (including phenoxy) is 1. The fourth-order valence-corrected chi connectivity index (χ4v) is 3.79. The Labute approximate surface area is 211 Å². The van der Waals surface area contributed by atoms with Gasteiger partial charge in [-0.15, -0.1) is 0 Å². The predicted octanol–water partition coefficient (Wildman–Crippen LogP) is 3.16. The molecule has 1 N–H and O–H groups in total. The summed E-state index contributed by atoms with van der Waals surface area (Å²) in [4.78, 5) is 64.5. The van der Waals surface area contributed by atoms with Crippen molar-refractivity contribution in [3.8, 4) is 6.07 Å². The van der Waals surface area contributed by atoms with E-state index in [1.807, 2.05) is 6.07 Å². The van der Waals surface area contributed by atoms with Gasteiger partial charge in [0.2, 0.25) is 5.91 Å². The van der Waals surface area contributed by atoms with Gasteiger partial charge >= 0.3 is 5.97 Å². The molecule has 0 atom stereocenters. The van der Waals surface area contributed by atoms with Gasteiger partial charge in [-0.2, -0.15) is 5.26 Å². The molecule has 0 spiro atoms. The lowest BCUT2D eigenvalue weighted by atomic mass is 10.1. The first kappa shape index (κ1) is 24.8. The summed E-state index contributed by atoms with van der Waals surface area (Å²) < 4.78 is 5.13. The van der Waals surface area contributed by atoms with Crippen molar-refractivity contribution in [1.82, 2.24) is 0 Å². The number of hydrogen-bond donors (Lipinski definition) is 1. The molecule has 0 aromatic heterocycles. The molecule has 37 heavy (non-hydrogen) atoms. The van der Waals surface area contributed by atoms with Crippen LogP contribution in [0.5, 0.6) is 0 Å². The summed E-state index contributed by atoms with van der Waals surface area (Å²) in [6.45, 7) is 0.520. The topological polar surface area (TPSA) is 137 Å². The van der Waals surface area contributed by atoms with Crippen LogP contribution in [0.4, 0.5) is 17.1 Å². The Kier molecular flexibility index (Phi) is 7.06. The molecule has 0 saturated heterocycles. The molecule has 0 radical (unpaired) electrons. The van der Waals surface area contributed by atoms with E-state index in [0.29, 0.717) is 17.1 Å². The number of anilines is 3. The molecule has 1 aliphatic rings. The highest BCUT2D eigenvalue weighted by Crippen LogP contribution is 2.30. The van der Waals surface area contributed by atoms with Crippen LogP contribution in [0.1, 0.15) is 38.0 Å². The van der Waals surface area contributed by atoms with Crippen LogP contribution in [0, 0.1) is 11.3 Å². The fraction of sp³-hybridized carbons (Fsp3) is 0.111. The van der Waals surface area contributed by atoms with Gasteiger partial charge in [-0.05, 0) is 54.6 Å². The molecule has 3 aromatic carbocycles. The number of nitriles is 1. The zero-order chi connectivity index (χ0) is 26.5. The summed E-state index contributed by atoms with van der Waals surface area (Å²) in [5.41, 5.74) is 1.42. The Morgan fingerprint density at radius 1 is 0.946 bits per heavy atom. The van der Waals surface area contributed by atoms with Crippen LogP contribution in [-0.2, 0) is 14.3 Å². The van der Waals surface area contributed by atoms with Gasteiger partial charge in [0.15, 0.2) is 6.61 Å². The van der Waals surface area contributed by atoms with Gasteiger partial charge in [-0.3, -0.25) is 24.1 Å². The largest absolute Gasteiger partial charge is 0.452 e. The van der Waals surface area contributed by atoms with Crippen molar-refractivity contribution < 1.29 is 28.7 Å².